The van der Waals surface area contributed by atoms with E-state index in [1.807, 2.05) is 18.2 Å². The van der Waals surface area contributed by atoms with Crippen LogP contribution >= 0.6 is 15.9 Å². The molecule has 1 aliphatic heterocycles. The van der Waals surface area contributed by atoms with Crippen molar-refractivity contribution in [3.63, 3.8) is 0 Å². The van der Waals surface area contributed by atoms with Crippen molar-refractivity contribution in [1.29, 1.82) is 0 Å². The Morgan fingerprint density at radius 1 is 1.38 bits per heavy atom. The maximum atomic E-state index is 12.8. The molecule has 0 fully saturated rings. The molecule has 3 rings (SSSR count). The molecule has 1 atom stereocenters. The van der Waals surface area contributed by atoms with E-state index >= 15 is 0 Å². The summed E-state index contributed by atoms with van der Waals surface area (Å²) in [6, 6.07) is 5.21. The van der Waals surface area contributed by atoms with Gasteiger partial charge in [0, 0.05) is 15.7 Å². The van der Waals surface area contributed by atoms with Crippen LogP contribution < -0.4 is 10.1 Å². The first-order valence-corrected chi connectivity index (χ1v) is 9.30. The Morgan fingerprint density at radius 3 is 2.88 bits per heavy atom. The summed E-state index contributed by atoms with van der Waals surface area (Å²) in [5, 5.41) is 7.57. The highest BCUT2D eigenvalue weighted by molar-refractivity contribution is 9.10. The molecule has 2 heterocycles. The van der Waals surface area contributed by atoms with Crippen molar-refractivity contribution in [2.45, 2.75) is 32.7 Å². The molecule has 0 amide bonds. The lowest BCUT2D eigenvalue weighted by Gasteiger charge is -2.30. The highest BCUT2D eigenvalue weighted by atomic mass is 79.9. The summed E-state index contributed by atoms with van der Waals surface area (Å²) >= 11 is 3.51. The number of aromatic nitrogens is 3. The van der Waals surface area contributed by atoms with Gasteiger partial charge in [-0.1, -0.05) is 29.3 Å². The quantitative estimate of drug-likeness (QED) is 0.717. The maximum Gasteiger partial charge on any atom is 0.338 e. The molecule has 138 valence electrons. The number of hydrogen-bond donors (Lipinski definition) is 1. The van der Waals surface area contributed by atoms with Crippen LogP contribution in [0.5, 0.6) is 5.75 Å². The first kappa shape index (κ1) is 18.4. The first-order chi connectivity index (χ1) is 12.6. The van der Waals surface area contributed by atoms with Gasteiger partial charge in [0.1, 0.15) is 18.1 Å². The van der Waals surface area contributed by atoms with Gasteiger partial charge in [0.05, 0.1) is 19.3 Å². The third-order valence-electron chi connectivity index (χ3n) is 4.16. The molecule has 0 radical (unpaired) electrons. The van der Waals surface area contributed by atoms with Crippen LogP contribution in [0.4, 0.5) is 5.95 Å². The average molecular weight is 421 g/mol. The second-order valence-electron chi connectivity index (χ2n) is 5.80. The fourth-order valence-corrected chi connectivity index (χ4v) is 3.49. The summed E-state index contributed by atoms with van der Waals surface area (Å²) in [7, 11) is 1.61. The lowest BCUT2D eigenvalue weighted by atomic mass is 9.93. The molecular weight excluding hydrogens is 400 g/mol. The minimum atomic E-state index is -0.484. The van der Waals surface area contributed by atoms with E-state index in [9.17, 15) is 4.79 Å². The van der Waals surface area contributed by atoms with Gasteiger partial charge in [-0.25, -0.2) is 9.48 Å². The van der Waals surface area contributed by atoms with Gasteiger partial charge in [0.25, 0.3) is 0 Å². The molecule has 26 heavy (non-hydrogen) atoms. The number of nitrogens with zero attached hydrogens (tertiary/aromatic N) is 3. The van der Waals surface area contributed by atoms with Crippen LogP contribution in [-0.4, -0.2) is 34.5 Å². The average Bonchev–Trinajstić information content (AvgIpc) is 3.09. The fourth-order valence-electron chi connectivity index (χ4n) is 3.12. The van der Waals surface area contributed by atoms with Crippen molar-refractivity contribution in [1.82, 2.24) is 14.8 Å². The first-order valence-electron chi connectivity index (χ1n) is 8.50. The molecule has 8 heteroatoms. The van der Waals surface area contributed by atoms with Gasteiger partial charge in [-0.05, 0) is 31.5 Å². The monoisotopic (exact) mass is 420 g/mol. The topological polar surface area (TPSA) is 78.3 Å². The van der Waals surface area contributed by atoms with E-state index in [-0.39, 0.29) is 5.97 Å². The van der Waals surface area contributed by atoms with E-state index in [0.29, 0.717) is 30.3 Å². The summed E-state index contributed by atoms with van der Waals surface area (Å²) in [6.45, 7) is 4.16. The molecule has 0 spiro atoms. The molecule has 1 aliphatic rings. The van der Waals surface area contributed by atoms with E-state index in [2.05, 4.69) is 38.3 Å². The predicted molar refractivity (Wildman–Crippen MR) is 101 cm³/mol. The molecule has 0 unspecified atom stereocenters. The van der Waals surface area contributed by atoms with Crippen molar-refractivity contribution in [3.8, 4) is 5.75 Å². The third kappa shape index (κ3) is 3.33. The predicted octanol–water partition coefficient (Wildman–Crippen LogP) is 3.68. The summed E-state index contributed by atoms with van der Waals surface area (Å²) in [6.07, 6.45) is 3.05. The molecule has 1 aromatic carbocycles. The number of carbonyl (C=O) groups excluding carboxylic acids is 1. The number of ether oxygens (including phenoxy) is 2. The van der Waals surface area contributed by atoms with Crippen LogP contribution in [-0.2, 0) is 9.53 Å². The van der Waals surface area contributed by atoms with Gasteiger partial charge in [0.15, 0.2) is 0 Å². The summed E-state index contributed by atoms with van der Waals surface area (Å²) in [5.74, 6) is 0.893. The van der Waals surface area contributed by atoms with Gasteiger partial charge in [-0.3, -0.25) is 0 Å². The second kappa shape index (κ2) is 7.90. The SMILES string of the molecule is CCCC1=C(C(=O)OCC)[C@H](c2cc(Br)ccc2OC)n2ncnc2N1. The molecule has 0 saturated heterocycles. The lowest BCUT2D eigenvalue weighted by molar-refractivity contribution is -0.139. The van der Waals surface area contributed by atoms with Gasteiger partial charge < -0.3 is 14.8 Å². The molecule has 0 bridgehead atoms. The molecule has 7 nitrogen and oxygen atoms in total. The number of fused-ring (bicyclic) bond motifs is 1. The zero-order valence-electron chi connectivity index (χ0n) is 15.0. The van der Waals surface area contributed by atoms with Gasteiger partial charge in [0.2, 0.25) is 5.95 Å². The van der Waals surface area contributed by atoms with E-state index in [1.54, 1.807) is 18.7 Å². The number of carbonyl (C=O) groups is 1. The number of rotatable bonds is 6. The Bertz CT molecular complexity index is 847. The molecule has 0 saturated carbocycles. The maximum absolute atomic E-state index is 12.8. The van der Waals surface area contributed by atoms with Crippen LogP contribution in [0.3, 0.4) is 0 Å². The molecular formula is C18H21BrN4O3. The molecule has 1 aromatic heterocycles. The Morgan fingerprint density at radius 2 is 2.19 bits per heavy atom. The Labute approximate surface area is 160 Å². The van der Waals surface area contributed by atoms with Crippen molar-refractivity contribution >= 4 is 27.8 Å². The lowest BCUT2D eigenvalue weighted by Crippen LogP contribution is -2.30. The van der Waals surface area contributed by atoms with Crippen LogP contribution in [0, 0.1) is 0 Å². The number of nitrogens with one attached hydrogen (secondary N) is 1. The highest BCUT2D eigenvalue weighted by Gasteiger charge is 2.36. The van der Waals surface area contributed by atoms with Crippen LogP contribution in [0.15, 0.2) is 40.3 Å². The zero-order chi connectivity index (χ0) is 18.7. The normalized spacial score (nSPS) is 16.1. The molecule has 0 aliphatic carbocycles. The van der Waals surface area contributed by atoms with E-state index in [4.69, 9.17) is 9.47 Å². The number of esters is 1. The number of methoxy groups -OCH3 is 1. The number of hydrogen-bond acceptors (Lipinski definition) is 6. The van der Waals surface area contributed by atoms with Crippen molar-refractivity contribution in [2.24, 2.45) is 0 Å². The summed E-state index contributed by atoms with van der Waals surface area (Å²) in [5.41, 5.74) is 2.15. The van der Waals surface area contributed by atoms with Crippen molar-refractivity contribution in [3.05, 3.63) is 45.8 Å². The van der Waals surface area contributed by atoms with Crippen LogP contribution in [0.2, 0.25) is 0 Å². The zero-order valence-corrected chi connectivity index (χ0v) is 16.5. The van der Waals surface area contributed by atoms with E-state index in [1.165, 1.54) is 6.33 Å². The van der Waals surface area contributed by atoms with Crippen LogP contribution in [0.1, 0.15) is 38.3 Å². The Hall–Kier alpha value is -2.35. The number of anilines is 1. The number of halogens is 1. The van der Waals surface area contributed by atoms with Crippen LogP contribution in [0.25, 0.3) is 0 Å². The van der Waals surface area contributed by atoms with Crippen molar-refractivity contribution < 1.29 is 14.3 Å². The second-order valence-corrected chi connectivity index (χ2v) is 6.72. The fraction of sp³-hybridized carbons (Fsp3) is 0.389. The summed E-state index contributed by atoms with van der Waals surface area (Å²) < 4.78 is 13.5. The van der Waals surface area contributed by atoms with Gasteiger partial charge in [-0.15, -0.1) is 0 Å². The number of benzene rings is 1. The third-order valence-corrected chi connectivity index (χ3v) is 4.65. The van der Waals surface area contributed by atoms with Gasteiger partial charge >= 0.3 is 5.97 Å². The van der Waals surface area contributed by atoms with E-state index < -0.39 is 6.04 Å². The largest absolute Gasteiger partial charge is 0.496 e. The smallest absolute Gasteiger partial charge is 0.338 e. The van der Waals surface area contributed by atoms with Gasteiger partial charge in [-0.2, -0.15) is 10.1 Å². The molecule has 1 N–H and O–H groups in total. The Kier molecular flexibility index (Phi) is 5.61. The molecule has 2 aromatic rings. The minimum Gasteiger partial charge on any atom is -0.496 e. The standard InChI is InChI=1S/C18H21BrN4O3/c1-4-6-13-15(17(24)26-5-2)16(23-18(22-13)20-10-21-23)12-9-11(19)7-8-14(12)25-3/h7-10,16H,4-6H2,1-3H3,(H,20,21,22)/t16-/m0/s1. The minimum absolute atomic E-state index is 0.300. The Balaban J connectivity index is 2.24. The summed E-state index contributed by atoms with van der Waals surface area (Å²) in [4.78, 5) is 17.1. The van der Waals surface area contributed by atoms with E-state index in [0.717, 1.165) is 22.2 Å². The highest BCUT2D eigenvalue weighted by Crippen LogP contribution is 2.41. The van der Waals surface area contributed by atoms with Crippen molar-refractivity contribution in [2.75, 3.05) is 19.0 Å². The number of allylic oxidation sites excluding steroid dienone is 1.